The molecule has 3 aromatic heterocycles. The summed E-state index contributed by atoms with van der Waals surface area (Å²) in [5.41, 5.74) is 2.63. The molecule has 0 aliphatic carbocycles. The number of rotatable bonds is 6. The second kappa shape index (κ2) is 8.32. The predicted octanol–water partition coefficient (Wildman–Crippen LogP) is 4.15. The van der Waals surface area contributed by atoms with Gasteiger partial charge in [-0.1, -0.05) is 48.2 Å². The Morgan fingerprint density at radius 3 is 2.79 bits per heavy atom. The molecule has 7 nitrogen and oxygen atoms in total. The molecule has 4 rings (SSSR count). The van der Waals surface area contributed by atoms with Crippen LogP contribution < -0.4 is 5.32 Å². The fraction of sp³-hybridized carbons (Fsp3) is 0.105. The summed E-state index contributed by atoms with van der Waals surface area (Å²) in [6.07, 6.45) is 5.09. The summed E-state index contributed by atoms with van der Waals surface area (Å²) in [5, 5.41) is 16.0. The summed E-state index contributed by atoms with van der Waals surface area (Å²) in [6, 6.07) is 13.3. The van der Waals surface area contributed by atoms with Crippen molar-refractivity contribution in [3.05, 3.63) is 66.6 Å². The maximum absolute atomic E-state index is 13.0. The van der Waals surface area contributed by atoms with Crippen molar-refractivity contribution in [2.24, 2.45) is 0 Å². The second-order valence-corrected chi connectivity index (χ2v) is 8.16. The number of hydrogen-bond donors (Lipinski definition) is 1. The number of nitrogens with zero attached hydrogens (tertiary/aromatic N) is 5. The minimum absolute atomic E-state index is 0.287. The lowest BCUT2D eigenvalue weighted by Crippen LogP contribution is -2.12. The van der Waals surface area contributed by atoms with E-state index in [0.717, 1.165) is 21.3 Å². The van der Waals surface area contributed by atoms with Crippen LogP contribution >= 0.6 is 23.1 Å². The largest absolute Gasteiger partial charge is 0.296 e. The SMILES string of the molecule is CCSc1nnc(NC(=O)c2cn(-c3ccccc3)nc2-c2cccnc2)s1. The van der Waals surface area contributed by atoms with Gasteiger partial charge >= 0.3 is 0 Å². The standard InChI is InChI=1S/C19H16N6OS2/c1-2-27-19-23-22-18(28-19)21-17(26)15-12-25(14-8-4-3-5-9-14)24-16(15)13-7-6-10-20-11-13/h3-12H,2H2,1H3,(H,21,22,26). The molecule has 0 saturated carbocycles. The molecule has 0 radical (unpaired) electrons. The first-order valence-electron chi connectivity index (χ1n) is 8.57. The zero-order valence-electron chi connectivity index (χ0n) is 14.9. The molecule has 0 unspecified atom stereocenters. The van der Waals surface area contributed by atoms with E-state index in [4.69, 9.17) is 0 Å². The van der Waals surface area contributed by atoms with E-state index < -0.39 is 0 Å². The summed E-state index contributed by atoms with van der Waals surface area (Å²) in [6.45, 7) is 2.04. The lowest BCUT2D eigenvalue weighted by Gasteiger charge is -2.01. The van der Waals surface area contributed by atoms with Crippen molar-refractivity contribution in [3.8, 4) is 16.9 Å². The Balaban J connectivity index is 1.69. The Morgan fingerprint density at radius 2 is 2.04 bits per heavy atom. The van der Waals surface area contributed by atoms with Crippen molar-refractivity contribution in [1.29, 1.82) is 0 Å². The van der Waals surface area contributed by atoms with Gasteiger partial charge in [-0.25, -0.2) is 4.68 Å². The van der Waals surface area contributed by atoms with E-state index in [0.29, 0.717) is 16.4 Å². The summed E-state index contributed by atoms with van der Waals surface area (Å²) >= 11 is 2.94. The summed E-state index contributed by atoms with van der Waals surface area (Å²) < 4.78 is 2.51. The van der Waals surface area contributed by atoms with E-state index in [9.17, 15) is 4.79 Å². The van der Waals surface area contributed by atoms with E-state index in [-0.39, 0.29) is 5.91 Å². The Hall–Kier alpha value is -3.04. The highest BCUT2D eigenvalue weighted by Crippen LogP contribution is 2.27. The fourth-order valence-electron chi connectivity index (χ4n) is 2.58. The van der Waals surface area contributed by atoms with Gasteiger partial charge in [0.05, 0.1) is 11.3 Å². The number of benzene rings is 1. The molecule has 4 aromatic rings. The Kier molecular flexibility index (Phi) is 5.45. The van der Waals surface area contributed by atoms with Crippen LogP contribution in [0.1, 0.15) is 17.3 Å². The topological polar surface area (TPSA) is 85.6 Å². The minimum Gasteiger partial charge on any atom is -0.296 e. The second-order valence-electron chi connectivity index (χ2n) is 5.67. The molecule has 0 bridgehead atoms. The normalized spacial score (nSPS) is 10.8. The Labute approximate surface area is 169 Å². The van der Waals surface area contributed by atoms with Crippen LogP contribution in [-0.4, -0.2) is 36.6 Å². The third-order valence-electron chi connectivity index (χ3n) is 3.81. The number of para-hydroxylation sites is 1. The van der Waals surface area contributed by atoms with Crippen molar-refractivity contribution < 1.29 is 4.79 Å². The zero-order chi connectivity index (χ0) is 19.3. The number of anilines is 1. The van der Waals surface area contributed by atoms with Crippen molar-refractivity contribution in [2.45, 2.75) is 11.3 Å². The smallest absolute Gasteiger partial charge is 0.261 e. The van der Waals surface area contributed by atoms with Crippen LogP contribution in [0.4, 0.5) is 5.13 Å². The molecule has 0 aliphatic rings. The molecule has 1 N–H and O–H groups in total. The van der Waals surface area contributed by atoms with Crippen LogP contribution in [-0.2, 0) is 0 Å². The molecule has 3 heterocycles. The molecule has 1 amide bonds. The van der Waals surface area contributed by atoms with Crippen LogP contribution in [0.2, 0.25) is 0 Å². The number of pyridine rings is 1. The first-order chi connectivity index (χ1) is 13.7. The number of carbonyl (C=O) groups excluding carboxylic acids is 1. The van der Waals surface area contributed by atoms with Gasteiger partial charge in [0.25, 0.3) is 5.91 Å². The van der Waals surface area contributed by atoms with Gasteiger partial charge in [0, 0.05) is 24.2 Å². The first kappa shape index (κ1) is 18.3. The maximum Gasteiger partial charge on any atom is 0.261 e. The van der Waals surface area contributed by atoms with Gasteiger partial charge in [-0.05, 0) is 30.0 Å². The minimum atomic E-state index is -0.287. The molecule has 0 atom stereocenters. The maximum atomic E-state index is 13.0. The van der Waals surface area contributed by atoms with E-state index in [1.54, 1.807) is 35.0 Å². The van der Waals surface area contributed by atoms with E-state index in [1.807, 2.05) is 49.4 Å². The van der Waals surface area contributed by atoms with Crippen LogP contribution in [0.3, 0.4) is 0 Å². The molecule has 9 heteroatoms. The Bertz CT molecular complexity index is 1080. The van der Waals surface area contributed by atoms with Gasteiger partial charge in [0.2, 0.25) is 5.13 Å². The van der Waals surface area contributed by atoms with Crippen LogP contribution in [0.5, 0.6) is 0 Å². The average molecular weight is 409 g/mol. The van der Waals surface area contributed by atoms with Crippen molar-refractivity contribution in [2.75, 3.05) is 11.1 Å². The number of amides is 1. The molecule has 1 aromatic carbocycles. The van der Waals surface area contributed by atoms with Gasteiger partial charge in [0.1, 0.15) is 5.69 Å². The molecule has 0 spiro atoms. The van der Waals surface area contributed by atoms with Crippen molar-refractivity contribution >= 4 is 34.1 Å². The zero-order valence-corrected chi connectivity index (χ0v) is 16.6. The number of aromatic nitrogens is 5. The molecule has 0 saturated heterocycles. The van der Waals surface area contributed by atoms with Crippen molar-refractivity contribution in [3.63, 3.8) is 0 Å². The van der Waals surface area contributed by atoms with Gasteiger partial charge in [-0.2, -0.15) is 5.10 Å². The molecule has 0 fully saturated rings. The Morgan fingerprint density at radius 1 is 1.18 bits per heavy atom. The lowest BCUT2D eigenvalue weighted by molar-refractivity contribution is 0.102. The molecule has 140 valence electrons. The average Bonchev–Trinajstić information content (AvgIpc) is 3.37. The van der Waals surface area contributed by atoms with Gasteiger partial charge in [-0.3, -0.25) is 15.1 Å². The quantitative estimate of drug-likeness (QED) is 0.381. The van der Waals surface area contributed by atoms with Crippen LogP contribution in [0, 0.1) is 0 Å². The number of hydrogen-bond acceptors (Lipinski definition) is 7. The number of thioether (sulfide) groups is 1. The fourth-order valence-corrected chi connectivity index (χ4v) is 4.22. The lowest BCUT2D eigenvalue weighted by atomic mass is 10.1. The summed E-state index contributed by atoms with van der Waals surface area (Å²) in [7, 11) is 0. The van der Waals surface area contributed by atoms with Crippen LogP contribution in [0.25, 0.3) is 16.9 Å². The van der Waals surface area contributed by atoms with Crippen LogP contribution in [0.15, 0.2) is 65.4 Å². The summed E-state index contributed by atoms with van der Waals surface area (Å²) in [4.78, 5) is 17.1. The van der Waals surface area contributed by atoms with Gasteiger partial charge in [-0.15, -0.1) is 10.2 Å². The monoisotopic (exact) mass is 408 g/mol. The highest BCUT2D eigenvalue weighted by molar-refractivity contribution is 8.01. The van der Waals surface area contributed by atoms with Crippen molar-refractivity contribution in [1.82, 2.24) is 25.0 Å². The third-order valence-corrected chi connectivity index (χ3v) is 5.66. The van der Waals surface area contributed by atoms with Gasteiger partial charge < -0.3 is 0 Å². The number of carbonyl (C=O) groups is 1. The highest BCUT2D eigenvalue weighted by Gasteiger charge is 2.20. The number of nitrogens with one attached hydrogen (secondary N) is 1. The molecule has 0 aliphatic heterocycles. The first-order valence-corrected chi connectivity index (χ1v) is 10.4. The summed E-state index contributed by atoms with van der Waals surface area (Å²) in [5.74, 6) is 0.614. The van der Waals surface area contributed by atoms with E-state index in [2.05, 4.69) is 25.6 Å². The highest BCUT2D eigenvalue weighted by atomic mass is 32.2. The van der Waals surface area contributed by atoms with E-state index in [1.165, 1.54) is 11.3 Å². The van der Waals surface area contributed by atoms with Gasteiger partial charge in [0.15, 0.2) is 4.34 Å². The molecular formula is C19H16N6OS2. The third kappa shape index (κ3) is 3.95. The molecule has 28 heavy (non-hydrogen) atoms. The van der Waals surface area contributed by atoms with E-state index >= 15 is 0 Å². The predicted molar refractivity (Wildman–Crippen MR) is 111 cm³/mol. The molecular weight excluding hydrogens is 392 g/mol.